The van der Waals surface area contributed by atoms with Gasteiger partial charge in [0.2, 0.25) is 0 Å². The first-order valence-electron chi connectivity index (χ1n) is 8.15. The van der Waals surface area contributed by atoms with Crippen molar-refractivity contribution in [3.8, 4) is 0 Å². The Labute approximate surface area is 124 Å². The fourth-order valence-corrected chi connectivity index (χ4v) is 3.42. The van der Waals surface area contributed by atoms with Crippen LogP contribution >= 0.6 is 0 Å². The molecular formula is C18H30N2. The molecule has 2 unspecified atom stereocenters. The molecule has 0 bridgehead atoms. The van der Waals surface area contributed by atoms with Crippen molar-refractivity contribution in [1.82, 2.24) is 10.2 Å². The molecule has 1 heterocycles. The maximum absolute atomic E-state index is 3.50. The normalized spacial score (nSPS) is 21.6. The Kier molecular flexibility index (Phi) is 5.62. The quantitative estimate of drug-likeness (QED) is 0.852. The second kappa shape index (κ2) is 7.24. The fourth-order valence-electron chi connectivity index (χ4n) is 3.42. The second-order valence-electron chi connectivity index (χ2n) is 6.38. The van der Waals surface area contributed by atoms with Gasteiger partial charge >= 0.3 is 0 Å². The van der Waals surface area contributed by atoms with E-state index < -0.39 is 0 Å². The van der Waals surface area contributed by atoms with E-state index in [1.165, 1.54) is 30.5 Å². The SMILES string of the molecule is CCc1ccc(C(CN2CCCC2C(C)C)NC)cc1. The van der Waals surface area contributed by atoms with Gasteiger partial charge in [-0.15, -0.1) is 0 Å². The zero-order valence-corrected chi connectivity index (χ0v) is 13.5. The Bertz CT molecular complexity index is 396. The Morgan fingerprint density at radius 3 is 2.50 bits per heavy atom. The predicted octanol–water partition coefficient (Wildman–Crippen LogP) is 3.63. The lowest BCUT2D eigenvalue weighted by atomic mass is 10.00. The van der Waals surface area contributed by atoms with Crippen LogP contribution in [0.1, 0.15) is 50.8 Å². The Morgan fingerprint density at radius 1 is 1.25 bits per heavy atom. The highest BCUT2D eigenvalue weighted by Crippen LogP contribution is 2.26. The van der Waals surface area contributed by atoms with Gasteiger partial charge in [-0.3, -0.25) is 4.90 Å². The first-order chi connectivity index (χ1) is 9.65. The van der Waals surface area contributed by atoms with Gasteiger partial charge in [0.25, 0.3) is 0 Å². The minimum atomic E-state index is 0.445. The molecule has 1 aromatic rings. The Hall–Kier alpha value is -0.860. The maximum atomic E-state index is 3.50. The molecule has 1 fully saturated rings. The van der Waals surface area contributed by atoms with Gasteiger partial charge < -0.3 is 5.32 Å². The number of rotatable bonds is 6. The molecule has 2 atom stereocenters. The molecule has 0 radical (unpaired) electrons. The molecule has 2 nitrogen and oxygen atoms in total. The molecular weight excluding hydrogens is 244 g/mol. The van der Waals surface area contributed by atoms with Gasteiger partial charge in [0.1, 0.15) is 0 Å². The summed E-state index contributed by atoms with van der Waals surface area (Å²) in [6.45, 7) is 9.31. The topological polar surface area (TPSA) is 15.3 Å². The van der Waals surface area contributed by atoms with Crippen LogP contribution in [0, 0.1) is 5.92 Å². The van der Waals surface area contributed by atoms with Gasteiger partial charge in [0.15, 0.2) is 0 Å². The van der Waals surface area contributed by atoms with Crippen LogP contribution in [-0.2, 0) is 6.42 Å². The highest BCUT2D eigenvalue weighted by molar-refractivity contribution is 5.25. The Balaban J connectivity index is 2.04. The minimum Gasteiger partial charge on any atom is -0.312 e. The zero-order chi connectivity index (χ0) is 14.5. The number of hydrogen-bond donors (Lipinski definition) is 1. The summed E-state index contributed by atoms with van der Waals surface area (Å²) in [5, 5.41) is 3.50. The summed E-state index contributed by atoms with van der Waals surface area (Å²) in [6, 6.07) is 10.3. The highest BCUT2D eigenvalue weighted by atomic mass is 15.2. The van der Waals surface area contributed by atoms with E-state index in [-0.39, 0.29) is 0 Å². The van der Waals surface area contributed by atoms with Gasteiger partial charge in [-0.2, -0.15) is 0 Å². The number of nitrogens with zero attached hydrogens (tertiary/aromatic N) is 1. The Morgan fingerprint density at radius 2 is 1.95 bits per heavy atom. The monoisotopic (exact) mass is 274 g/mol. The lowest BCUT2D eigenvalue weighted by molar-refractivity contribution is 0.188. The van der Waals surface area contributed by atoms with Gasteiger partial charge in [-0.25, -0.2) is 0 Å². The van der Waals surface area contributed by atoms with E-state index in [1.54, 1.807) is 0 Å². The molecule has 112 valence electrons. The van der Waals surface area contributed by atoms with Crippen LogP contribution in [0.15, 0.2) is 24.3 Å². The first-order valence-corrected chi connectivity index (χ1v) is 8.15. The van der Waals surface area contributed by atoms with E-state index in [1.807, 2.05) is 0 Å². The van der Waals surface area contributed by atoms with Crippen molar-refractivity contribution in [2.75, 3.05) is 20.1 Å². The van der Waals surface area contributed by atoms with E-state index in [2.05, 4.69) is 62.3 Å². The largest absolute Gasteiger partial charge is 0.312 e. The summed E-state index contributed by atoms with van der Waals surface area (Å²) in [5.41, 5.74) is 2.84. The van der Waals surface area contributed by atoms with Crippen LogP contribution in [0.3, 0.4) is 0 Å². The van der Waals surface area contributed by atoms with Gasteiger partial charge in [-0.05, 0) is 49.9 Å². The van der Waals surface area contributed by atoms with Crippen LogP contribution in [-0.4, -0.2) is 31.1 Å². The zero-order valence-electron chi connectivity index (χ0n) is 13.5. The number of likely N-dealkylation sites (N-methyl/N-ethyl adjacent to an activating group) is 1. The molecule has 1 aliphatic heterocycles. The van der Waals surface area contributed by atoms with Crippen LogP contribution < -0.4 is 5.32 Å². The molecule has 0 aromatic heterocycles. The van der Waals surface area contributed by atoms with Crippen molar-refractivity contribution in [1.29, 1.82) is 0 Å². The average molecular weight is 274 g/mol. The molecule has 0 aliphatic carbocycles. The van der Waals surface area contributed by atoms with Gasteiger partial charge in [0, 0.05) is 18.6 Å². The number of benzene rings is 1. The lowest BCUT2D eigenvalue weighted by Crippen LogP contribution is -2.39. The molecule has 0 spiro atoms. The number of likely N-dealkylation sites (tertiary alicyclic amines) is 1. The molecule has 1 N–H and O–H groups in total. The summed E-state index contributed by atoms with van der Waals surface area (Å²) in [5.74, 6) is 0.762. The average Bonchev–Trinajstić information content (AvgIpc) is 2.93. The van der Waals surface area contributed by atoms with E-state index >= 15 is 0 Å². The third kappa shape index (κ3) is 3.62. The van der Waals surface area contributed by atoms with Crippen molar-refractivity contribution >= 4 is 0 Å². The minimum absolute atomic E-state index is 0.445. The summed E-state index contributed by atoms with van der Waals surface area (Å²) >= 11 is 0. The van der Waals surface area contributed by atoms with Crippen LogP contribution in [0.5, 0.6) is 0 Å². The molecule has 1 aromatic carbocycles. The molecule has 0 saturated carbocycles. The molecule has 2 rings (SSSR count). The van der Waals surface area contributed by atoms with E-state index in [9.17, 15) is 0 Å². The molecule has 0 amide bonds. The highest BCUT2D eigenvalue weighted by Gasteiger charge is 2.28. The van der Waals surface area contributed by atoms with E-state index in [4.69, 9.17) is 0 Å². The second-order valence-corrected chi connectivity index (χ2v) is 6.38. The standard InChI is InChI=1S/C18H30N2/c1-5-15-8-10-16(11-9-15)17(19-4)13-20-12-6-7-18(20)14(2)3/h8-11,14,17-19H,5-7,12-13H2,1-4H3. The third-order valence-electron chi connectivity index (χ3n) is 4.74. The summed E-state index contributed by atoms with van der Waals surface area (Å²) in [6.07, 6.45) is 3.84. The molecule has 20 heavy (non-hydrogen) atoms. The molecule has 2 heteroatoms. The molecule has 1 saturated heterocycles. The van der Waals surface area contributed by atoms with Crippen LogP contribution in [0.25, 0.3) is 0 Å². The first kappa shape index (κ1) is 15.5. The van der Waals surface area contributed by atoms with Gasteiger partial charge in [0.05, 0.1) is 0 Å². The van der Waals surface area contributed by atoms with Crippen molar-refractivity contribution in [3.63, 3.8) is 0 Å². The third-order valence-corrected chi connectivity index (χ3v) is 4.74. The predicted molar refractivity (Wildman–Crippen MR) is 87.1 cm³/mol. The number of hydrogen-bond acceptors (Lipinski definition) is 2. The van der Waals surface area contributed by atoms with Crippen LogP contribution in [0.4, 0.5) is 0 Å². The lowest BCUT2D eigenvalue weighted by Gasteiger charge is -2.31. The maximum Gasteiger partial charge on any atom is 0.0446 e. The fraction of sp³-hybridized carbons (Fsp3) is 0.667. The summed E-state index contributed by atoms with van der Waals surface area (Å²) in [4.78, 5) is 2.68. The smallest absolute Gasteiger partial charge is 0.0446 e. The van der Waals surface area contributed by atoms with Gasteiger partial charge in [-0.1, -0.05) is 45.0 Å². The van der Waals surface area contributed by atoms with Crippen molar-refractivity contribution in [2.24, 2.45) is 5.92 Å². The van der Waals surface area contributed by atoms with E-state index in [0.29, 0.717) is 6.04 Å². The summed E-state index contributed by atoms with van der Waals surface area (Å²) in [7, 11) is 2.08. The molecule has 1 aliphatic rings. The van der Waals surface area contributed by atoms with Crippen molar-refractivity contribution in [2.45, 2.75) is 52.1 Å². The summed E-state index contributed by atoms with van der Waals surface area (Å²) < 4.78 is 0. The van der Waals surface area contributed by atoms with E-state index in [0.717, 1.165) is 24.9 Å². The number of aryl methyl sites for hydroxylation is 1. The van der Waals surface area contributed by atoms with Crippen molar-refractivity contribution < 1.29 is 0 Å². The van der Waals surface area contributed by atoms with Crippen molar-refractivity contribution in [3.05, 3.63) is 35.4 Å². The number of nitrogens with one attached hydrogen (secondary N) is 1. The van der Waals surface area contributed by atoms with Crippen LogP contribution in [0.2, 0.25) is 0 Å².